The predicted molar refractivity (Wildman–Crippen MR) is 111 cm³/mol. The molecule has 0 heterocycles. The molecule has 0 spiro atoms. The maximum Gasteiger partial charge on any atom is 0.330 e. The van der Waals surface area contributed by atoms with Crippen LogP contribution < -0.4 is 5.32 Å². The fourth-order valence-electron chi connectivity index (χ4n) is 2.45. The van der Waals surface area contributed by atoms with Gasteiger partial charge in [-0.1, -0.05) is 46.3 Å². The minimum absolute atomic E-state index is 0.0839. The second kappa shape index (κ2) is 10.6. The number of carbonyl (C=O) groups excluding carboxylic acids is 2. The Morgan fingerprint density at radius 2 is 1.85 bits per heavy atom. The molecule has 0 unspecified atom stereocenters. The van der Waals surface area contributed by atoms with Gasteiger partial charge >= 0.3 is 5.97 Å². The number of benzene rings is 2. The molecule has 0 saturated heterocycles. The molecule has 0 aliphatic rings. The van der Waals surface area contributed by atoms with E-state index in [9.17, 15) is 9.59 Å². The van der Waals surface area contributed by atoms with Crippen molar-refractivity contribution < 1.29 is 14.3 Å². The Morgan fingerprint density at radius 3 is 2.52 bits per heavy atom. The van der Waals surface area contributed by atoms with E-state index >= 15 is 0 Å². The van der Waals surface area contributed by atoms with Crippen LogP contribution in [-0.4, -0.2) is 37.0 Å². The Labute approximate surface area is 168 Å². The summed E-state index contributed by atoms with van der Waals surface area (Å²) in [7, 11) is 1.91. The van der Waals surface area contributed by atoms with Gasteiger partial charge in [0.25, 0.3) is 0 Å². The molecule has 1 N–H and O–H groups in total. The number of esters is 1. The fourth-order valence-corrected chi connectivity index (χ4v) is 2.86. The van der Waals surface area contributed by atoms with E-state index in [4.69, 9.17) is 4.74 Å². The minimum atomic E-state index is -0.372. The first-order valence-corrected chi connectivity index (χ1v) is 9.44. The van der Waals surface area contributed by atoms with Gasteiger partial charge < -0.3 is 10.1 Å². The van der Waals surface area contributed by atoms with E-state index in [-0.39, 0.29) is 18.4 Å². The van der Waals surface area contributed by atoms with Crippen LogP contribution in [0.4, 0.5) is 5.69 Å². The van der Waals surface area contributed by atoms with Gasteiger partial charge in [0.1, 0.15) is 0 Å². The molecular formula is C21H23BrN2O3. The number of hydrogen-bond acceptors (Lipinski definition) is 4. The van der Waals surface area contributed by atoms with Crippen LogP contribution in [0, 0.1) is 0 Å². The van der Waals surface area contributed by atoms with Gasteiger partial charge in [-0.25, -0.2) is 4.79 Å². The Hall–Kier alpha value is -2.44. The zero-order chi connectivity index (χ0) is 19.6. The van der Waals surface area contributed by atoms with Crippen molar-refractivity contribution in [3.8, 4) is 0 Å². The van der Waals surface area contributed by atoms with E-state index < -0.39 is 0 Å². The summed E-state index contributed by atoms with van der Waals surface area (Å²) in [5.41, 5.74) is 2.69. The monoisotopic (exact) mass is 430 g/mol. The number of ether oxygens (including phenoxy) is 1. The maximum atomic E-state index is 12.2. The summed E-state index contributed by atoms with van der Waals surface area (Å²) >= 11 is 3.52. The average Bonchev–Trinajstić information content (AvgIpc) is 2.63. The quantitative estimate of drug-likeness (QED) is 0.505. The summed E-state index contributed by atoms with van der Waals surface area (Å²) in [6.07, 6.45) is 3.06. The van der Waals surface area contributed by atoms with E-state index in [2.05, 4.69) is 21.2 Å². The molecule has 0 saturated carbocycles. The normalized spacial score (nSPS) is 11.0. The summed E-state index contributed by atoms with van der Waals surface area (Å²) in [5, 5.41) is 2.88. The Bertz CT molecular complexity index is 803. The average molecular weight is 431 g/mol. The van der Waals surface area contributed by atoms with Crippen molar-refractivity contribution in [1.29, 1.82) is 0 Å². The van der Waals surface area contributed by atoms with Crippen LogP contribution in [0.25, 0.3) is 6.08 Å². The van der Waals surface area contributed by atoms with E-state index in [0.717, 1.165) is 15.6 Å². The van der Waals surface area contributed by atoms with Gasteiger partial charge in [0.2, 0.25) is 5.91 Å². The maximum absolute atomic E-state index is 12.2. The molecule has 0 bridgehead atoms. The predicted octanol–water partition coefficient (Wildman–Crippen LogP) is 4.10. The summed E-state index contributed by atoms with van der Waals surface area (Å²) in [6.45, 7) is 3.07. The SMILES string of the molecule is CCOC(=O)/C=C/c1ccc(NC(=O)CN(C)Cc2ccccc2Br)cc1. The molecule has 2 rings (SSSR count). The van der Waals surface area contributed by atoms with E-state index in [1.165, 1.54) is 6.08 Å². The van der Waals surface area contributed by atoms with Crippen LogP contribution in [0.1, 0.15) is 18.1 Å². The number of hydrogen-bond donors (Lipinski definition) is 1. The van der Waals surface area contributed by atoms with Gasteiger partial charge in [0.05, 0.1) is 13.2 Å². The van der Waals surface area contributed by atoms with Crippen LogP contribution in [0.3, 0.4) is 0 Å². The Morgan fingerprint density at radius 1 is 1.15 bits per heavy atom. The van der Waals surface area contributed by atoms with Crippen molar-refractivity contribution in [1.82, 2.24) is 4.90 Å². The topological polar surface area (TPSA) is 58.6 Å². The Balaban J connectivity index is 1.84. The van der Waals surface area contributed by atoms with Crippen molar-refractivity contribution in [2.45, 2.75) is 13.5 Å². The van der Waals surface area contributed by atoms with Crippen molar-refractivity contribution in [2.24, 2.45) is 0 Å². The van der Waals surface area contributed by atoms with E-state index in [0.29, 0.717) is 18.8 Å². The molecule has 5 nitrogen and oxygen atoms in total. The van der Waals surface area contributed by atoms with Gasteiger partial charge in [-0.3, -0.25) is 9.69 Å². The first kappa shape index (κ1) is 20.9. The highest BCUT2D eigenvalue weighted by atomic mass is 79.9. The molecule has 0 atom stereocenters. The fraction of sp³-hybridized carbons (Fsp3) is 0.238. The number of nitrogens with zero attached hydrogens (tertiary/aromatic N) is 1. The molecular weight excluding hydrogens is 408 g/mol. The van der Waals surface area contributed by atoms with Gasteiger partial charge in [0, 0.05) is 22.8 Å². The van der Waals surface area contributed by atoms with Gasteiger partial charge in [-0.05, 0) is 49.4 Å². The van der Waals surface area contributed by atoms with Crippen molar-refractivity contribution in [3.63, 3.8) is 0 Å². The largest absolute Gasteiger partial charge is 0.463 e. The zero-order valence-electron chi connectivity index (χ0n) is 15.4. The van der Waals surface area contributed by atoms with E-state index in [1.807, 2.05) is 48.3 Å². The highest BCUT2D eigenvalue weighted by molar-refractivity contribution is 9.10. The standard InChI is InChI=1S/C21H23BrN2O3/c1-3-27-21(26)13-10-16-8-11-18(12-9-16)23-20(25)15-24(2)14-17-6-4-5-7-19(17)22/h4-13H,3,14-15H2,1-2H3,(H,23,25)/b13-10+. The lowest BCUT2D eigenvalue weighted by Crippen LogP contribution is -2.29. The molecule has 1 amide bonds. The van der Waals surface area contributed by atoms with Gasteiger partial charge in [-0.15, -0.1) is 0 Å². The molecule has 0 radical (unpaired) electrons. The molecule has 0 fully saturated rings. The second-order valence-electron chi connectivity index (χ2n) is 6.02. The number of anilines is 1. The lowest BCUT2D eigenvalue weighted by molar-refractivity contribution is -0.137. The Kier molecular flexibility index (Phi) is 8.23. The lowest BCUT2D eigenvalue weighted by Gasteiger charge is -2.17. The number of rotatable bonds is 8. The van der Waals surface area contributed by atoms with Gasteiger partial charge in [-0.2, -0.15) is 0 Å². The third-order valence-corrected chi connectivity index (χ3v) is 4.48. The highest BCUT2D eigenvalue weighted by Gasteiger charge is 2.09. The van der Waals surface area contributed by atoms with Crippen molar-refractivity contribution in [3.05, 3.63) is 70.2 Å². The number of likely N-dealkylation sites (N-methyl/N-ethyl adjacent to an activating group) is 1. The van der Waals surface area contributed by atoms with Crippen LogP contribution in [0.15, 0.2) is 59.1 Å². The van der Waals surface area contributed by atoms with Crippen molar-refractivity contribution in [2.75, 3.05) is 25.5 Å². The summed E-state index contributed by atoms with van der Waals surface area (Å²) in [6, 6.07) is 15.2. The summed E-state index contributed by atoms with van der Waals surface area (Å²) in [4.78, 5) is 25.5. The molecule has 6 heteroatoms. The van der Waals surface area contributed by atoms with Crippen LogP contribution in [-0.2, 0) is 20.9 Å². The third-order valence-electron chi connectivity index (χ3n) is 3.70. The minimum Gasteiger partial charge on any atom is -0.463 e. The summed E-state index contributed by atoms with van der Waals surface area (Å²) < 4.78 is 5.87. The first-order valence-electron chi connectivity index (χ1n) is 8.64. The summed E-state index contributed by atoms with van der Waals surface area (Å²) in [5.74, 6) is -0.456. The number of halogens is 1. The molecule has 142 valence electrons. The smallest absolute Gasteiger partial charge is 0.330 e. The van der Waals surface area contributed by atoms with Crippen molar-refractivity contribution >= 4 is 39.6 Å². The number of carbonyl (C=O) groups is 2. The zero-order valence-corrected chi connectivity index (χ0v) is 17.0. The molecule has 2 aromatic carbocycles. The van der Waals surface area contributed by atoms with Crippen LogP contribution in [0.2, 0.25) is 0 Å². The molecule has 2 aromatic rings. The lowest BCUT2D eigenvalue weighted by atomic mass is 10.2. The number of amides is 1. The molecule has 0 aromatic heterocycles. The van der Waals surface area contributed by atoms with E-state index in [1.54, 1.807) is 25.1 Å². The van der Waals surface area contributed by atoms with Crippen LogP contribution in [0.5, 0.6) is 0 Å². The van der Waals surface area contributed by atoms with Crippen LogP contribution >= 0.6 is 15.9 Å². The second-order valence-corrected chi connectivity index (χ2v) is 6.87. The van der Waals surface area contributed by atoms with Gasteiger partial charge in [0.15, 0.2) is 0 Å². The third kappa shape index (κ3) is 7.37. The molecule has 0 aliphatic heterocycles. The molecule has 27 heavy (non-hydrogen) atoms. The number of nitrogens with one attached hydrogen (secondary N) is 1. The molecule has 0 aliphatic carbocycles. The highest BCUT2D eigenvalue weighted by Crippen LogP contribution is 2.17. The first-order chi connectivity index (χ1) is 13.0.